The third-order valence-electron chi connectivity index (χ3n) is 6.10. The Bertz CT molecular complexity index is 1330. The number of rotatable bonds is 7. The number of carbonyl (C=O) groups excluding carboxylic acids is 2. The van der Waals surface area contributed by atoms with E-state index in [-0.39, 0.29) is 28.8 Å². The summed E-state index contributed by atoms with van der Waals surface area (Å²) >= 11 is 0. The number of hydrogen-bond acceptors (Lipinski definition) is 8. The molecular formula is C26H22N4O7. The van der Waals surface area contributed by atoms with Gasteiger partial charge in [-0.15, -0.1) is 0 Å². The predicted octanol–water partition coefficient (Wildman–Crippen LogP) is 4.62. The molecule has 1 saturated heterocycles. The average Bonchev–Trinajstić information content (AvgIpc) is 2.93. The summed E-state index contributed by atoms with van der Waals surface area (Å²) in [7, 11) is 0. The summed E-state index contributed by atoms with van der Waals surface area (Å²) in [5.74, 6) is -1.04. The lowest BCUT2D eigenvalue weighted by molar-refractivity contribution is -0.385. The van der Waals surface area contributed by atoms with Crippen LogP contribution in [-0.4, -0.2) is 45.4 Å². The summed E-state index contributed by atoms with van der Waals surface area (Å²) in [4.78, 5) is 52.9. The molecule has 0 radical (unpaired) electrons. The Balaban J connectivity index is 1.46. The van der Waals surface area contributed by atoms with Crippen LogP contribution in [0.15, 0.2) is 84.0 Å². The molecular weight excluding hydrogens is 480 g/mol. The number of piperidine rings is 1. The van der Waals surface area contributed by atoms with Gasteiger partial charge in [0.2, 0.25) is 0 Å². The second-order valence-corrected chi connectivity index (χ2v) is 8.40. The molecule has 0 N–H and O–H groups in total. The van der Waals surface area contributed by atoms with Gasteiger partial charge in [0.25, 0.3) is 17.3 Å². The zero-order chi connectivity index (χ0) is 26.4. The molecule has 4 rings (SSSR count). The molecule has 1 aliphatic heterocycles. The van der Waals surface area contributed by atoms with Crippen molar-refractivity contribution in [3.8, 4) is 0 Å². The predicted molar refractivity (Wildman–Crippen MR) is 133 cm³/mol. The fourth-order valence-electron chi connectivity index (χ4n) is 4.10. The molecule has 11 nitrogen and oxygen atoms in total. The van der Waals surface area contributed by atoms with Gasteiger partial charge in [0.05, 0.1) is 21.1 Å². The van der Waals surface area contributed by atoms with Crippen LogP contribution in [0.1, 0.15) is 39.1 Å². The minimum atomic E-state index is -0.742. The van der Waals surface area contributed by atoms with Crippen molar-refractivity contribution in [1.82, 2.24) is 4.90 Å². The number of benzene rings is 3. The Morgan fingerprint density at radius 3 is 1.78 bits per heavy atom. The molecule has 0 atom stereocenters. The van der Waals surface area contributed by atoms with Crippen LogP contribution in [0.3, 0.4) is 0 Å². The number of amides is 1. The van der Waals surface area contributed by atoms with Gasteiger partial charge in [-0.3, -0.25) is 25.0 Å². The Morgan fingerprint density at radius 1 is 0.757 bits per heavy atom. The van der Waals surface area contributed by atoms with Crippen LogP contribution < -0.4 is 0 Å². The van der Waals surface area contributed by atoms with Crippen LogP contribution in [0.5, 0.6) is 0 Å². The van der Waals surface area contributed by atoms with Gasteiger partial charge in [-0.05, 0) is 42.7 Å². The quantitative estimate of drug-likeness (QED) is 0.198. The standard InChI is InChI=1S/C26H22N4O7/c31-25(20-6-10-22(11-7-20)29(33)34)28-16-14-19(15-17-28)24(18-4-2-1-3-5-18)27-37-26(32)21-8-12-23(13-9-21)30(35)36/h1-13,19H,14-17H2/b27-24+. The largest absolute Gasteiger partial charge is 0.365 e. The Hall–Kier alpha value is -4.93. The summed E-state index contributed by atoms with van der Waals surface area (Å²) in [6.45, 7) is 0.866. The Morgan fingerprint density at radius 2 is 1.27 bits per heavy atom. The lowest BCUT2D eigenvalue weighted by Gasteiger charge is -2.32. The van der Waals surface area contributed by atoms with Crippen molar-refractivity contribution in [2.45, 2.75) is 12.8 Å². The zero-order valence-electron chi connectivity index (χ0n) is 19.6. The van der Waals surface area contributed by atoms with Gasteiger partial charge in [-0.1, -0.05) is 35.5 Å². The smallest absolute Gasteiger partial charge is 0.339 e. The van der Waals surface area contributed by atoms with E-state index in [1.165, 1.54) is 48.5 Å². The van der Waals surface area contributed by atoms with Gasteiger partial charge < -0.3 is 9.74 Å². The first-order valence-corrected chi connectivity index (χ1v) is 11.5. The summed E-state index contributed by atoms with van der Waals surface area (Å²) in [5, 5.41) is 25.9. The van der Waals surface area contributed by atoms with Crippen LogP contribution in [-0.2, 0) is 4.84 Å². The van der Waals surface area contributed by atoms with Crippen molar-refractivity contribution in [2.75, 3.05) is 13.1 Å². The van der Waals surface area contributed by atoms with Gasteiger partial charge >= 0.3 is 5.97 Å². The van der Waals surface area contributed by atoms with Crippen LogP contribution in [0.25, 0.3) is 0 Å². The maximum atomic E-state index is 12.9. The fourth-order valence-corrected chi connectivity index (χ4v) is 4.10. The van der Waals surface area contributed by atoms with Crippen LogP contribution in [0.2, 0.25) is 0 Å². The highest BCUT2D eigenvalue weighted by molar-refractivity contribution is 6.03. The average molecular weight is 502 g/mol. The number of hydrogen-bond donors (Lipinski definition) is 0. The molecule has 3 aromatic carbocycles. The summed E-state index contributed by atoms with van der Waals surface area (Å²) in [6.07, 6.45) is 1.14. The molecule has 0 aliphatic carbocycles. The van der Waals surface area contributed by atoms with Crippen molar-refractivity contribution in [3.05, 3.63) is 116 Å². The van der Waals surface area contributed by atoms with E-state index in [1.807, 2.05) is 30.3 Å². The minimum Gasteiger partial charge on any atom is -0.339 e. The molecule has 0 saturated carbocycles. The topological polar surface area (TPSA) is 145 Å². The molecule has 11 heteroatoms. The van der Waals surface area contributed by atoms with Gasteiger partial charge in [-0.2, -0.15) is 0 Å². The molecule has 3 aromatic rings. The second-order valence-electron chi connectivity index (χ2n) is 8.40. The van der Waals surface area contributed by atoms with E-state index in [0.29, 0.717) is 37.2 Å². The highest BCUT2D eigenvalue weighted by Gasteiger charge is 2.28. The Labute approximate surface area is 211 Å². The van der Waals surface area contributed by atoms with Gasteiger partial charge in [0.15, 0.2) is 0 Å². The molecule has 1 heterocycles. The zero-order valence-corrected chi connectivity index (χ0v) is 19.6. The highest BCUT2D eigenvalue weighted by atomic mass is 16.7. The lowest BCUT2D eigenvalue weighted by Crippen LogP contribution is -2.40. The number of oxime groups is 1. The molecule has 0 aromatic heterocycles. The SMILES string of the molecule is O=C(O/N=C(\c1ccccc1)C1CCN(C(=O)c2ccc([N+](=O)[O-])cc2)CC1)c1ccc([N+](=O)[O-])cc1. The van der Waals surface area contributed by atoms with Gasteiger partial charge in [0.1, 0.15) is 0 Å². The maximum absolute atomic E-state index is 12.9. The van der Waals surface area contributed by atoms with Crippen LogP contribution in [0, 0.1) is 26.1 Å². The number of nitro benzene ring substituents is 2. The van der Waals surface area contributed by atoms with Gasteiger partial charge in [-0.25, -0.2) is 4.79 Å². The first-order chi connectivity index (χ1) is 17.8. The summed E-state index contributed by atoms with van der Waals surface area (Å²) in [6, 6.07) is 19.8. The molecule has 0 bridgehead atoms. The maximum Gasteiger partial charge on any atom is 0.365 e. The molecule has 0 spiro atoms. The number of carbonyl (C=O) groups is 2. The minimum absolute atomic E-state index is 0.0813. The van der Waals surface area contributed by atoms with Crippen molar-refractivity contribution < 1.29 is 24.3 Å². The van der Waals surface area contributed by atoms with E-state index in [4.69, 9.17) is 4.84 Å². The van der Waals surface area contributed by atoms with Crippen LogP contribution >= 0.6 is 0 Å². The van der Waals surface area contributed by atoms with E-state index in [9.17, 15) is 29.8 Å². The van der Waals surface area contributed by atoms with E-state index in [1.54, 1.807) is 4.90 Å². The second kappa shape index (κ2) is 11.2. The number of likely N-dealkylation sites (tertiary alicyclic amines) is 1. The molecule has 188 valence electrons. The van der Waals surface area contributed by atoms with E-state index in [2.05, 4.69) is 5.16 Å². The van der Waals surface area contributed by atoms with E-state index in [0.717, 1.165) is 5.56 Å². The molecule has 1 aliphatic rings. The third kappa shape index (κ3) is 6.01. The molecule has 37 heavy (non-hydrogen) atoms. The summed E-state index contributed by atoms with van der Waals surface area (Å²) in [5.41, 5.74) is 1.63. The Kier molecular flexibility index (Phi) is 7.62. The molecule has 0 unspecified atom stereocenters. The number of non-ortho nitro benzene ring substituents is 2. The van der Waals surface area contributed by atoms with Crippen molar-refractivity contribution in [1.29, 1.82) is 0 Å². The molecule has 1 fully saturated rings. The van der Waals surface area contributed by atoms with E-state index >= 15 is 0 Å². The van der Waals surface area contributed by atoms with Crippen molar-refractivity contribution in [3.63, 3.8) is 0 Å². The number of nitrogens with zero attached hydrogens (tertiary/aromatic N) is 4. The van der Waals surface area contributed by atoms with Crippen LogP contribution in [0.4, 0.5) is 11.4 Å². The fraction of sp³-hybridized carbons (Fsp3) is 0.192. The lowest BCUT2D eigenvalue weighted by atomic mass is 9.88. The summed E-state index contributed by atoms with van der Waals surface area (Å²) < 4.78 is 0. The first-order valence-electron chi connectivity index (χ1n) is 11.5. The van der Waals surface area contributed by atoms with Gasteiger partial charge in [0, 0.05) is 48.8 Å². The van der Waals surface area contributed by atoms with E-state index < -0.39 is 15.8 Å². The highest BCUT2D eigenvalue weighted by Crippen LogP contribution is 2.25. The first kappa shape index (κ1) is 25.2. The van der Waals surface area contributed by atoms with Crippen molar-refractivity contribution >= 4 is 29.0 Å². The third-order valence-corrected chi connectivity index (χ3v) is 6.10. The van der Waals surface area contributed by atoms with Crippen molar-refractivity contribution in [2.24, 2.45) is 11.1 Å². The molecule has 1 amide bonds. The number of nitro groups is 2. The normalized spacial score (nSPS) is 14.2. The monoisotopic (exact) mass is 502 g/mol.